The molecule has 1 amide bonds. The van der Waals surface area contributed by atoms with Crippen molar-refractivity contribution in [3.63, 3.8) is 0 Å². The fourth-order valence-electron chi connectivity index (χ4n) is 6.42. The van der Waals surface area contributed by atoms with E-state index in [1.165, 1.54) is 11.7 Å². The molecule has 1 aromatic carbocycles. The molecule has 0 radical (unpaired) electrons. The van der Waals surface area contributed by atoms with E-state index >= 15 is 0 Å². The number of hydrazine groups is 1. The minimum atomic E-state index is -4.57. The molecule has 3 atom stereocenters. The van der Waals surface area contributed by atoms with Crippen LogP contribution < -0.4 is 16.2 Å². The molecule has 0 spiro atoms. The molecule has 1 aliphatic rings. The number of amides is 1. The number of aromatic nitrogens is 4. The minimum absolute atomic E-state index is 0.000335. The molecule has 4 heterocycles. The highest BCUT2D eigenvalue weighted by atomic mass is 32.1. The molecule has 1 unspecified atom stereocenters. The molecule has 5 rings (SSSR count). The average Bonchev–Trinajstić information content (AvgIpc) is 3.70. The minimum Gasteiger partial charge on any atom is -0.464 e. The monoisotopic (exact) mass is 787 g/mol. The Balaban J connectivity index is 1.58. The lowest BCUT2D eigenvalue weighted by Crippen LogP contribution is -2.50. The lowest BCUT2D eigenvalue weighted by atomic mass is 9.84. The van der Waals surface area contributed by atoms with Crippen molar-refractivity contribution in [1.29, 1.82) is 0 Å². The Morgan fingerprint density at radius 3 is 2.58 bits per heavy atom. The van der Waals surface area contributed by atoms with Gasteiger partial charge in [0.15, 0.2) is 0 Å². The van der Waals surface area contributed by atoms with Crippen LogP contribution >= 0.6 is 11.5 Å². The summed E-state index contributed by atoms with van der Waals surface area (Å²) in [6.45, 7) is 10.2. The van der Waals surface area contributed by atoms with Crippen LogP contribution in [0.4, 0.5) is 18.0 Å². The number of hydrogen-bond donors (Lipinski definition) is 3. The number of esters is 1. The Morgan fingerprint density at radius 2 is 1.93 bits per heavy atom. The summed E-state index contributed by atoms with van der Waals surface area (Å²) in [6.07, 6.45) is -2.06. The van der Waals surface area contributed by atoms with Crippen molar-refractivity contribution < 1.29 is 41.8 Å². The van der Waals surface area contributed by atoms with E-state index in [-0.39, 0.29) is 19.4 Å². The lowest BCUT2D eigenvalue weighted by molar-refractivity contribution is -0.150. The number of hydrogen-bond acceptors (Lipinski definition) is 12. The second-order valence-electron chi connectivity index (χ2n) is 15.4. The SMILES string of the molecule is CO[C@@H](C)c1ncccc1-c1c(CC(C)(C)COC(=O)C2CCCNN2)c2cc(-c3nc(C[C@@H](C=O)NC(=O)OC(C)(C)C)ns3)ccc2n1CC(F)(F)F. The van der Waals surface area contributed by atoms with Crippen LogP contribution in [0, 0.1) is 5.41 Å². The van der Waals surface area contributed by atoms with Crippen molar-refractivity contribution in [1.82, 2.24) is 35.1 Å². The van der Waals surface area contributed by atoms with Crippen LogP contribution in [0.3, 0.4) is 0 Å². The Morgan fingerprint density at radius 1 is 1.16 bits per heavy atom. The van der Waals surface area contributed by atoms with Gasteiger partial charge in [0.1, 0.15) is 35.3 Å². The second kappa shape index (κ2) is 17.1. The number of nitrogens with one attached hydrogen (secondary N) is 3. The Labute approximate surface area is 321 Å². The van der Waals surface area contributed by atoms with E-state index in [1.807, 2.05) is 13.8 Å². The number of methoxy groups -OCH3 is 1. The van der Waals surface area contributed by atoms with E-state index in [1.54, 1.807) is 64.2 Å². The van der Waals surface area contributed by atoms with Gasteiger partial charge >= 0.3 is 18.2 Å². The molecule has 55 heavy (non-hydrogen) atoms. The highest BCUT2D eigenvalue weighted by Gasteiger charge is 2.35. The van der Waals surface area contributed by atoms with E-state index < -0.39 is 54.0 Å². The molecule has 298 valence electrons. The maximum atomic E-state index is 14.5. The van der Waals surface area contributed by atoms with Gasteiger partial charge in [0.05, 0.1) is 30.1 Å². The third kappa shape index (κ3) is 10.9. The number of carbonyl (C=O) groups is 3. The van der Waals surface area contributed by atoms with Gasteiger partial charge in [0.25, 0.3) is 0 Å². The van der Waals surface area contributed by atoms with Crippen LogP contribution in [0.5, 0.6) is 0 Å². The summed E-state index contributed by atoms with van der Waals surface area (Å²) in [4.78, 5) is 46.3. The van der Waals surface area contributed by atoms with Crippen molar-refractivity contribution in [2.45, 2.75) is 104 Å². The molecule has 4 aromatic rings. The molecule has 1 aliphatic heterocycles. The largest absolute Gasteiger partial charge is 0.464 e. The highest BCUT2D eigenvalue weighted by Crippen LogP contribution is 2.43. The van der Waals surface area contributed by atoms with Crippen molar-refractivity contribution in [3.8, 4) is 21.8 Å². The van der Waals surface area contributed by atoms with Crippen molar-refractivity contribution in [3.05, 3.63) is 53.6 Å². The Kier molecular flexibility index (Phi) is 13.0. The van der Waals surface area contributed by atoms with E-state index in [9.17, 15) is 27.6 Å². The molecule has 1 fully saturated rings. The number of ether oxygens (including phenoxy) is 3. The fraction of sp³-hybridized carbons (Fsp3) is 0.526. The van der Waals surface area contributed by atoms with Gasteiger partial charge in [0, 0.05) is 53.7 Å². The van der Waals surface area contributed by atoms with Gasteiger partial charge in [0.2, 0.25) is 0 Å². The summed E-state index contributed by atoms with van der Waals surface area (Å²) in [5.74, 6) is -0.112. The number of pyridine rings is 1. The summed E-state index contributed by atoms with van der Waals surface area (Å²) in [7, 11) is 1.51. The van der Waals surface area contributed by atoms with E-state index in [2.05, 4.69) is 30.5 Å². The van der Waals surface area contributed by atoms with E-state index in [0.29, 0.717) is 62.5 Å². The number of rotatable bonds is 14. The summed E-state index contributed by atoms with van der Waals surface area (Å²) in [6, 6.07) is 7.07. The number of fused-ring (bicyclic) bond motifs is 1. The van der Waals surface area contributed by atoms with Crippen LogP contribution in [0.2, 0.25) is 0 Å². The first-order valence-corrected chi connectivity index (χ1v) is 18.8. The van der Waals surface area contributed by atoms with Crippen LogP contribution in [0.1, 0.15) is 77.6 Å². The first kappa shape index (κ1) is 41.7. The number of alkyl carbamates (subject to hydrolysis) is 1. The molecule has 1 saturated heterocycles. The maximum Gasteiger partial charge on any atom is 0.408 e. The Bertz CT molecular complexity index is 1980. The standard InChI is InChI=1S/C38H48F3N7O6S/c1-22(52-7)31-25(10-8-14-42-31)32-27(18-37(5,6)21-53-34(50)28-11-9-15-43-46-28)26-16-23(12-13-29(26)48(32)20-38(39,40)41)33-45-30(47-55-33)17-24(19-49)44-35(51)54-36(2,3)4/h8,10,12-14,16,19,22,24,28,43,46H,9,11,15,17-18,20-21H2,1-7H3,(H,44,51)/t22-,24-,28?/m0/s1. The van der Waals surface area contributed by atoms with Gasteiger partial charge < -0.3 is 28.9 Å². The van der Waals surface area contributed by atoms with Gasteiger partial charge in [-0.25, -0.2) is 15.2 Å². The molecular weight excluding hydrogens is 740 g/mol. The fourth-order valence-corrected chi connectivity index (χ4v) is 7.11. The van der Waals surface area contributed by atoms with E-state index in [4.69, 9.17) is 14.2 Å². The molecule has 3 aromatic heterocycles. The van der Waals surface area contributed by atoms with Crippen LogP contribution in [-0.4, -0.2) is 81.4 Å². The maximum absolute atomic E-state index is 14.5. The zero-order valence-corrected chi connectivity index (χ0v) is 32.8. The first-order valence-electron chi connectivity index (χ1n) is 18.0. The third-order valence-electron chi connectivity index (χ3n) is 8.94. The van der Waals surface area contributed by atoms with Gasteiger partial charge in [-0.05, 0) is 94.4 Å². The highest BCUT2D eigenvalue weighted by molar-refractivity contribution is 7.09. The Hall–Kier alpha value is -4.45. The molecule has 0 aliphatic carbocycles. The summed E-state index contributed by atoms with van der Waals surface area (Å²) in [5, 5.41) is 3.53. The smallest absolute Gasteiger partial charge is 0.408 e. The number of benzene rings is 1. The number of halogens is 3. The van der Waals surface area contributed by atoms with Gasteiger partial charge in [-0.15, -0.1) is 0 Å². The van der Waals surface area contributed by atoms with Crippen molar-refractivity contribution in [2.75, 3.05) is 20.3 Å². The number of carbonyl (C=O) groups excluding carboxylic acids is 3. The van der Waals surface area contributed by atoms with Crippen molar-refractivity contribution >= 4 is 40.8 Å². The molecule has 0 bridgehead atoms. The van der Waals surface area contributed by atoms with E-state index in [0.717, 1.165) is 24.5 Å². The summed E-state index contributed by atoms with van der Waals surface area (Å²) < 4.78 is 65.7. The number of aldehydes is 1. The summed E-state index contributed by atoms with van der Waals surface area (Å²) in [5.41, 5.74) is 7.25. The predicted molar refractivity (Wildman–Crippen MR) is 201 cm³/mol. The van der Waals surface area contributed by atoms with Gasteiger partial charge in [-0.2, -0.15) is 17.5 Å². The first-order chi connectivity index (χ1) is 25.9. The molecule has 3 N–H and O–H groups in total. The molecule has 17 heteroatoms. The lowest BCUT2D eigenvalue weighted by Gasteiger charge is -2.28. The summed E-state index contributed by atoms with van der Waals surface area (Å²) >= 11 is 1.06. The van der Waals surface area contributed by atoms with Crippen molar-refractivity contribution in [2.24, 2.45) is 5.41 Å². The zero-order chi connectivity index (χ0) is 40.1. The average molecular weight is 788 g/mol. The third-order valence-corrected chi connectivity index (χ3v) is 9.74. The predicted octanol–water partition coefficient (Wildman–Crippen LogP) is 6.49. The number of nitrogens with zero attached hydrogens (tertiary/aromatic N) is 4. The van der Waals surface area contributed by atoms with Gasteiger partial charge in [-0.1, -0.05) is 13.8 Å². The molecule has 13 nitrogen and oxygen atoms in total. The zero-order valence-electron chi connectivity index (χ0n) is 32.0. The number of alkyl halides is 3. The second-order valence-corrected chi connectivity index (χ2v) is 16.1. The quantitative estimate of drug-likeness (QED) is 0.0947. The van der Waals surface area contributed by atoms with Crippen LogP contribution in [0.25, 0.3) is 32.7 Å². The van der Waals surface area contributed by atoms with Crippen LogP contribution in [-0.2, 0) is 43.2 Å². The van der Waals surface area contributed by atoms with Gasteiger partial charge in [-0.3, -0.25) is 15.2 Å². The topological polar surface area (TPSA) is 159 Å². The molecule has 0 saturated carbocycles. The normalized spacial score (nSPS) is 16.4. The molecular formula is C38H48F3N7O6S. The van der Waals surface area contributed by atoms with Crippen LogP contribution in [0.15, 0.2) is 36.5 Å².